The first-order valence-corrected chi connectivity index (χ1v) is 4.84. The number of phenolic OH excluding ortho intramolecular Hbond substituents is 1. The van der Waals surface area contributed by atoms with Crippen LogP contribution in [0.2, 0.25) is 0 Å². The molecule has 2 N–H and O–H groups in total. The van der Waals surface area contributed by atoms with E-state index in [1.54, 1.807) is 0 Å². The van der Waals surface area contributed by atoms with Gasteiger partial charge in [0.2, 0.25) is 0 Å². The summed E-state index contributed by atoms with van der Waals surface area (Å²) in [4.78, 5) is 0. The Morgan fingerprint density at radius 2 is 2.08 bits per heavy atom. The molecule has 0 amide bonds. The molecule has 1 rings (SSSR count). The van der Waals surface area contributed by atoms with E-state index >= 15 is 0 Å². The number of benzene rings is 1. The number of aryl methyl sites for hydroxylation is 1. The van der Waals surface area contributed by atoms with E-state index in [4.69, 9.17) is 0 Å². The molecule has 0 radical (unpaired) electrons. The first-order valence-electron chi connectivity index (χ1n) is 4.84. The van der Waals surface area contributed by atoms with Crippen LogP contribution in [0.4, 0.5) is 5.69 Å². The summed E-state index contributed by atoms with van der Waals surface area (Å²) in [7, 11) is 0. The van der Waals surface area contributed by atoms with Gasteiger partial charge in [-0.15, -0.1) is 0 Å². The highest BCUT2D eigenvalue weighted by molar-refractivity contribution is 5.59. The van der Waals surface area contributed by atoms with Gasteiger partial charge >= 0.3 is 0 Å². The number of aromatic hydroxyl groups is 1. The van der Waals surface area contributed by atoms with Crippen molar-refractivity contribution in [2.24, 2.45) is 0 Å². The third-order valence-electron chi connectivity index (χ3n) is 2.01. The van der Waals surface area contributed by atoms with Gasteiger partial charge in [0.05, 0.1) is 5.69 Å². The summed E-state index contributed by atoms with van der Waals surface area (Å²) in [6, 6.07) is 5.85. The minimum absolute atomic E-state index is 0.409. The number of rotatable bonds is 4. The van der Waals surface area contributed by atoms with Gasteiger partial charge in [-0.25, -0.2) is 0 Å². The van der Waals surface area contributed by atoms with E-state index in [-0.39, 0.29) is 0 Å². The summed E-state index contributed by atoms with van der Waals surface area (Å²) in [6.45, 7) is 4.97. The Labute approximate surface area is 79.6 Å². The van der Waals surface area contributed by atoms with Crippen molar-refractivity contribution in [1.29, 1.82) is 0 Å². The molecule has 72 valence electrons. The summed E-state index contributed by atoms with van der Waals surface area (Å²) < 4.78 is 0. The molecule has 1 aromatic carbocycles. The molecular formula is C11H17NO. The lowest BCUT2D eigenvalue weighted by Crippen LogP contribution is -1.98. The fourth-order valence-electron chi connectivity index (χ4n) is 1.40. The van der Waals surface area contributed by atoms with Crippen molar-refractivity contribution in [3.05, 3.63) is 23.8 Å². The monoisotopic (exact) mass is 179 g/mol. The number of phenols is 1. The van der Waals surface area contributed by atoms with Crippen LogP contribution in [0.3, 0.4) is 0 Å². The van der Waals surface area contributed by atoms with Crippen LogP contribution in [0.5, 0.6) is 5.75 Å². The van der Waals surface area contributed by atoms with E-state index < -0.39 is 0 Å². The van der Waals surface area contributed by atoms with E-state index in [1.807, 2.05) is 25.1 Å². The Morgan fingerprint density at radius 1 is 1.31 bits per heavy atom. The zero-order valence-electron chi connectivity index (χ0n) is 8.30. The van der Waals surface area contributed by atoms with Gasteiger partial charge in [-0.05, 0) is 25.0 Å². The SMILES string of the molecule is CCCc1cccc(NCC)c1O. The van der Waals surface area contributed by atoms with Crippen molar-refractivity contribution in [2.75, 3.05) is 11.9 Å². The van der Waals surface area contributed by atoms with Crippen LogP contribution in [0.1, 0.15) is 25.8 Å². The second kappa shape index (κ2) is 4.75. The molecule has 0 fully saturated rings. The number of hydrogen-bond acceptors (Lipinski definition) is 2. The molecule has 0 aliphatic heterocycles. The zero-order valence-corrected chi connectivity index (χ0v) is 8.30. The maximum atomic E-state index is 9.79. The van der Waals surface area contributed by atoms with Gasteiger partial charge in [0, 0.05) is 6.54 Å². The first-order chi connectivity index (χ1) is 6.29. The van der Waals surface area contributed by atoms with E-state index in [0.717, 1.165) is 30.6 Å². The van der Waals surface area contributed by atoms with Crippen LogP contribution in [0.25, 0.3) is 0 Å². The van der Waals surface area contributed by atoms with Crippen LogP contribution in [0, 0.1) is 0 Å². The highest BCUT2D eigenvalue weighted by Gasteiger charge is 2.04. The van der Waals surface area contributed by atoms with Crippen molar-refractivity contribution in [3.8, 4) is 5.75 Å². The molecule has 0 heterocycles. The largest absolute Gasteiger partial charge is 0.505 e. The Kier molecular flexibility index (Phi) is 3.62. The Balaban J connectivity index is 2.89. The maximum Gasteiger partial charge on any atom is 0.141 e. The third kappa shape index (κ3) is 2.38. The number of anilines is 1. The highest BCUT2D eigenvalue weighted by Crippen LogP contribution is 2.27. The molecule has 2 heteroatoms. The minimum atomic E-state index is 0.409. The van der Waals surface area contributed by atoms with Gasteiger partial charge in [-0.2, -0.15) is 0 Å². The number of para-hydroxylation sites is 1. The highest BCUT2D eigenvalue weighted by atomic mass is 16.3. The summed E-state index contributed by atoms with van der Waals surface area (Å²) in [5, 5.41) is 12.9. The molecule has 0 unspecified atom stereocenters. The third-order valence-corrected chi connectivity index (χ3v) is 2.01. The lowest BCUT2D eigenvalue weighted by Gasteiger charge is -2.09. The van der Waals surface area contributed by atoms with E-state index in [2.05, 4.69) is 12.2 Å². The quantitative estimate of drug-likeness (QED) is 0.696. The van der Waals surface area contributed by atoms with Gasteiger partial charge < -0.3 is 10.4 Å². The second-order valence-electron chi connectivity index (χ2n) is 3.09. The van der Waals surface area contributed by atoms with E-state index in [0.29, 0.717) is 5.75 Å². The minimum Gasteiger partial charge on any atom is -0.505 e. The smallest absolute Gasteiger partial charge is 0.141 e. The standard InChI is InChI=1S/C11H17NO/c1-3-6-9-7-5-8-10(11(9)13)12-4-2/h5,7-8,12-13H,3-4,6H2,1-2H3. The second-order valence-corrected chi connectivity index (χ2v) is 3.09. The topological polar surface area (TPSA) is 32.3 Å². The Bertz CT molecular complexity index is 247. The van der Waals surface area contributed by atoms with E-state index in [1.165, 1.54) is 0 Å². The molecule has 1 aromatic rings. The molecule has 0 atom stereocenters. The van der Waals surface area contributed by atoms with Crippen molar-refractivity contribution in [1.82, 2.24) is 0 Å². The normalized spacial score (nSPS) is 10.0. The van der Waals surface area contributed by atoms with Gasteiger partial charge in [-0.1, -0.05) is 25.5 Å². The van der Waals surface area contributed by atoms with Gasteiger partial charge in [0.1, 0.15) is 5.75 Å². The fourth-order valence-corrected chi connectivity index (χ4v) is 1.40. The maximum absolute atomic E-state index is 9.79. The molecule has 0 aliphatic rings. The Hall–Kier alpha value is -1.18. The predicted octanol–water partition coefficient (Wildman–Crippen LogP) is 2.78. The lowest BCUT2D eigenvalue weighted by atomic mass is 10.1. The zero-order chi connectivity index (χ0) is 9.68. The average Bonchev–Trinajstić information content (AvgIpc) is 2.13. The van der Waals surface area contributed by atoms with E-state index in [9.17, 15) is 5.11 Å². The van der Waals surface area contributed by atoms with Crippen molar-refractivity contribution < 1.29 is 5.11 Å². The molecule has 0 bridgehead atoms. The molecular weight excluding hydrogens is 162 g/mol. The lowest BCUT2D eigenvalue weighted by molar-refractivity contribution is 0.469. The fraction of sp³-hybridized carbons (Fsp3) is 0.455. The molecule has 0 saturated carbocycles. The van der Waals surface area contributed by atoms with Crippen molar-refractivity contribution in [3.63, 3.8) is 0 Å². The van der Waals surface area contributed by atoms with Gasteiger partial charge in [-0.3, -0.25) is 0 Å². The number of hydrogen-bond donors (Lipinski definition) is 2. The molecule has 0 spiro atoms. The summed E-state index contributed by atoms with van der Waals surface area (Å²) in [6.07, 6.45) is 1.99. The van der Waals surface area contributed by atoms with Crippen LogP contribution in [-0.4, -0.2) is 11.7 Å². The van der Waals surface area contributed by atoms with Crippen molar-refractivity contribution >= 4 is 5.69 Å². The molecule has 2 nitrogen and oxygen atoms in total. The number of nitrogens with one attached hydrogen (secondary N) is 1. The van der Waals surface area contributed by atoms with Crippen LogP contribution >= 0.6 is 0 Å². The summed E-state index contributed by atoms with van der Waals surface area (Å²) in [5.41, 5.74) is 1.87. The van der Waals surface area contributed by atoms with Crippen LogP contribution < -0.4 is 5.32 Å². The van der Waals surface area contributed by atoms with Gasteiger partial charge in [0.25, 0.3) is 0 Å². The Morgan fingerprint density at radius 3 is 2.69 bits per heavy atom. The summed E-state index contributed by atoms with van der Waals surface area (Å²) in [5.74, 6) is 0.409. The first kappa shape index (κ1) is 9.90. The summed E-state index contributed by atoms with van der Waals surface area (Å²) >= 11 is 0. The molecule has 13 heavy (non-hydrogen) atoms. The molecule has 0 saturated heterocycles. The van der Waals surface area contributed by atoms with Gasteiger partial charge in [0.15, 0.2) is 0 Å². The van der Waals surface area contributed by atoms with Crippen LogP contribution in [0.15, 0.2) is 18.2 Å². The predicted molar refractivity (Wildman–Crippen MR) is 56.3 cm³/mol. The van der Waals surface area contributed by atoms with Crippen molar-refractivity contribution in [2.45, 2.75) is 26.7 Å². The molecule has 0 aromatic heterocycles. The average molecular weight is 179 g/mol. The molecule has 0 aliphatic carbocycles. The van der Waals surface area contributed by atoms with Crippen LogP contribution in [-0.2, 0) is 6.42 Å².